The molecule has 0 aliphatic heterocycles. The zero-order valence-electron chi connectivity index (χ0n) is 14.0. The second-order valence-corrected chi connectivity index (χ2v) is 7.27. The molecule has 1 aliphatic rings. The predicted octanol–water partition coefficient (Wildman–Crippen LogP) is 4.68. The van der Waals surface area contributed by atoms with Crippen LogP contribution >= 0.6 is 0 Å². The van der Waals surface area contributed by atoms with Crippen LogP contribution < -0.4 is 10.1 Å². The molecule has 0 atom stereocenters. The van der Waals surface area contributed by atoms with Crippen molar-refractivity contribution in [2.75, 3.05) is 13.2 Å². The van der Waals surface area contributed by atoms with E-state index in [9.17, 15) is 0 Å². The standard InChI is InChI=1S/C19H31NO/c1-19(2,3)16-9-8-12-18(15-16)21-14-13-20-17-10-6-4-5-7-11-17/h8-9,12,15,17,20H,4-7,10-11,13-14H2,1-3H3. The molecule has 2 heteroatoms. The number of benzene rings is 1. The van der Waals surface area contributed by atoms with E-state index in [-0.39, 0.29) is 5.41 Å². The Bertz CT molecular complexity index is 414. The molecular weight excluding hydrogens is 258 g/mol. The first-order chi connectivity index (χ1) is 10.1. The van der Waals surface area contributed by atoms with Crippen molar-refractivity contribution in [3.63, 3.8) is 0 Å². The lowest BCUT2D eigenvalue weighted by Crippen LogP contribution is -2.32. The van der Waals surface area contributed by atoms with Gasteiger partial charge < -0.3 is 10.1 Å². The molecule has 0 heterocycles. The summed E-state index contributed by atoms with van der Waals surface area (Å²) >= 11 is 0. The molecule has 1 aromatic carbocycles. The second-order valence-electron chi connectivity index (χ2n) is 7.27. The fourth-order valence-electron chi connectivity index (χ4n) is 2.97. The van der Waals surface area contributed by atoms with Crippen LogP contribution in [0.4, 0.5) is 0 Å². The van der Waals surface area contributed by atoms with Crippen LogP contribution in [-0.2, 0) is 5.41 Å². The minimum Gasteiger partial charge on any atom is -0.492 e. The number of ether oxygens (including phenoxy) is 1. The third kappa shape index (κ3) is 5.70. The molecule has 2 nitrogen and oxygen atoms in total. The van der Waals surface area contributed by atoms with Gasteiger partial charge in [0.1, 0.15) is 12.4 Å². The fraction of sp³-hybridized carbons (Fsp3) is 0.684. The molecular formula is C19H31NO. The van der Waals surface area contributed by atoms with E-state index in [0.717, 1.165) is 18.9 Å². The van der Waals surface area contributed by atoms with Crippen LogP contribution in [0.2, 0.25) is 0 Å². The maximum Gasteiger partial charge on any atom is 0.119 e. The molecule has 118 valence electrons. The van der Waals surface area contributed by atoms with Gasteiger partial charge in [-0.2, -0.15) is 0 Å². The van der Waals surface area contributed by atoms with Crippen LogP contribution in [0.5, 0.6) is 5.75 Å². The zero-order valence-corrected chi connectivity index (χ0v) is 14.0. The van der Waals surface area contributed by atoms with Crippen LogP contribution in [0.3, 0.4) is 0 Å². The van der Waals surface area contributed by atoms with Crippen molar-refractivity contribution < 1.29 is 4.74 Å². The molecule has 2 rings (SSSR count). The summed E-state index contributed by atoms with van der Waals surface area (Å²) in [4.78, 5) is 0. The van der Waals surface area contributed by atoms with E-state index in [1.165, 1.54) is 44.1 Å². The van der Waals surface area contributed by atoms with Crippen molar-refractivity contribution in [3.05, 3.63) is 29.8 Å². The molecule has 0 aromatic heterocycles. The average Bonchev–Trinajstić information content (AvgIpc) is 2.72. The summed E-state index contributed by atoms with van der Waals surface area (Å²) < 4.78 is 5.90. The quantitative estimate of drug-likeness (QED) is 0.628. The van der Waals surface area contributed by atoms with E-state index in [2.05, 4.69) is 50.4 Å². The topological polar surface area (TPSA) is 21.3 Å². The highest BCUT2D eigenvalue weighted by Crippen LogP contribution is 2.25. The Labute approximate surface area is 130 Å². The summed E-state index contributed by atoms with van der Waals surface area (Å²) in [6.07, 6.45) is 8.25. The zero-order chi connectivity index (χ0) is 15.1. The summed E-state index contributed by atoms with van der Waals surface area (Å²) in [6.45, 7) is 8.41. The van der Waals surface area contributed by atoms with E-state index < -0.39 is 0 Å². The summed E-state index contributed by atoms with van der Waals surface area (Å²) in [5.74, 6) is 0.991. The van der Waals surface area contributed by atoms with Gasteiger partial charge in [0.15, 0.2) is 0 Å². The Morgan fingerprint density at radius 1 is 1.10 bits per heavy atom. The van der Waals surface area contributed by atoms with Crippen molar-refractivity contribution in [3.8, 4) is 5.75 Å². The third-order valence-corrected chi connectivity index (χ3v) is 4.36. The van der Waals surface area contributed by atoms with Crippen LogP contribution in [0.1, 0.15) is 64.9 Å². The van der Waals surface area contributed by atoms with Gasteiger partial charge in [-0.3, -0.25) is 0 Å². The summed E-state index contributed by atoms with van der Waals surface area (Å²) in [5, 5.41) is 3.65. The van der Waals surface area contributed by atoms with Crippen molar-refractivity contribution in [1.29, 1.82) is 0 Å². The Morgan fingerprint density at radius 2 is 1.81 bits per heavy atom. The second kappa shape index (κ2) is 7.84. The first kappa shape index (κ1) is 16.4. The molecule has 1 fully saturated rings. The van der Waals surface area contributed by atoms with Crippen molar-refractivity contribution in [1.82, 2.24) is 5.32 Å². The Balaban J connectivity index is 1.73. The number of hydrogen-bond acceptors (Lipinski definition) is 2. The lowest BCUT2D eigenvalue weighted by atomic mass is 9.87. The van der Waals surface area contributed by atoms with Crippen molar-refractivity contribution >= 4 is 0 Å². The lowest BCUT2D eigenvalue weighted by Gasteiger charge is -2.20. The molecule has 1 aromatic rings. The highest BCUT2D eigenvalue weighted by molar-refractivity contribution is 5.32. The molecule has 0 unspecified atom stereocenters. The maximum atomic E-state index is 5.90. The van der Waals surface area contributed by atoms with E-state index in [0.29, 0.717) is 6.04 Å². The van der Waals surface area contributed by atoms with Gasteiger partial charge in [0.05, 0.1) is 0 Å². The molecule has 21 heavy (non-hydrogen) atoms. The Kier molecular flexibility index (Phi) is 6.10. The minimum atomic E-state index is 0.179. The highest BCUT2D eigenvalue weighted by Gasteiger charge is 2.14. The van der Waals surface area contributed by atoms with E-state index in [1.807, 2.05) is 0 Å². The van der Waals surface area contributed by atoms with Crippen LogP contribution in [0, 0.1) is 0 Å². The van der Waals surface area contributed by atoms with Gasteiger partial charge in [-0.15, -0.1) is 0 Å². The van der Waals surface area contributed by atoms with Gasteiger partial charge in [0.2, 0.25) is 0 Å². The summed E-state index contributed by atoms with van der Waals surface area (Å²) in [5.41, 5.74) is 1.51. The van der Waals surface area contributed by atoms with Crippen LogP contribution in [0.25, 0.3) is 0 Å². The van der Waals surface area contributed by atoms with Gasteiger partial charge in [0, 0.05) is 12.6 Å². The molecule has 0 radical (unpaired) electrons. The lowest BCUT2D eigenvalue weighted by molar-refractivity contribution is 0.299. The van der Waals surface area contributed by atoms with Gasteiger partial charge >= 0.3 is 0 Å². The first-order valence-electron chi connectivity index (χ1n) is 8.52. The van der Waals surface area contributed by atoms with Gasteiger partial charge in [-0.1, -0.05) is 58.6 Å². The minimum absolute atomic E-state index is 0.179. The Morgan fingerprint density at radius 3 is 2.48 bits per heavy atom. The largest absolute Gasteiger partial charge is 0.492 e. The third-order valence-electron chi connectivity index (χ3n) is 4.36. The van der Waals surface area contributed by atoms with Crippen molar-refractivity contribution in [2.45, 2.75) is 70.8 Å². The highest BCUT2D eigenvalue weighted by atomic mass is 16.5. The normalized spacial score (nSPS) is 17.5. The first-order valence-corrected chi connectivity index (χ1v) is 8.52. The van der Waals surface area contributed by atoms with E-state index in [1.54, 1.807) is 0 Å². The molecule has 0 bridgehead atoms. The summed E-state index contributed by atoms with van der Waals surface area (Å²) in [6, 6.07) is 9.20. The van der Waals surface area contributed by atoms with Crippen molar-refractivity contribution in [2.24, 2.45) is 0 Å². The Hall–Kier alpha value is -1.02. The van der Waals surface area contributed by atoms with E-state index >= 15 is 0 Å². The fourth-order valence-corrected chi connectivity index (χ4v) is 2.97. The molecule has 1 aliphatic carbocycles. The predicted molar refractivity (Wildman–Crippen MR) is 90.1 cm³/mol. The maximum absolute atomic E-state index is 5.90. The molecule has 1 N–H and O–H groups in total. The average molecular weight is 289 g/mol. The van der Waals surface area contributed by atoms with Gasteiger partial charge in [0.25, 0.3) is 0 Å². The SMILES string of the molecule is CC(C)(C)c1cccc(OCCNC2CCCCCC2)c1. The molecule has 1 saturated carbocycles. The van der Waals surface area contributed by atoms with E-state index in [4.69, 9.17) is 4.74 Å². The smallest absolute Gasteiger partial charge is 0.119 e. The molecule has 0 amide bonds. The van der Waals surface area contributed by atoms with Crippen LogP contribution in [0.15, 0.2) is 24.3 Å². The van der Waals surface area contributed by atoms with Crippen LogP contribution in [-0.4, -0.2) is 19.2 Å². The van der Waals surface area contributed by atoms with Gasteiger partial charge in [-0.05, 0) is 36.0 Å². The van der Waals surface area contributed by atoms with Gasteiger partial charge in [-0.25, -0.2) is 0 Å². The number of nitrogens with one attached hydrogen (secondary N) is 1. The number of rotatable bonds is 5. The summed E-state index contributed by atoms with van der Waals surface area (Å²) in [7, 11) is 0. The molecule has 0 spiro atoms. The number of hydrogen-bond donors (Lipinski definition) is 1. The molecule has 0 saturated heterocycles. The monoisotopic (exact) mass is 289 g/mol.